The van der Waals surface area contributed by atoms with E-state index in [1.54, 1.807) is 0 Å². The van der Waals surface area contributed by atoms with Crippen molar-refractivity contribution >= 4 is 11.7 Å². The maximum Gasteiger partial charge on any atom is 0.230 e. The molecule has 0 radical (unpaired) electrons. The summed E-state index contributed by atoms with van der Waals surface area (Å²) in [4.78, 5) is 22.4. The van der Waals surface area contributed by atoms with Gasteiger partial charge in [-0.1, -0.05) is 0 Å². The van der Waals surface area contributed by atoms with Crippen molar-refractivity contribution in [2.75, 3.05) is 24.5 Å². The van der Waals surface area contributed by atoms with E-state index in [4.69, 9.17) is 0 Å². The molecule has 1 aromatic heterocycles. The summed E-state index contributed by atoms with van der Waals surface area (Å²) in [6, 6.07) is 4.54. The van der Waals surface area contributed by atoms with Gasteiger partial charge in [-0.3, -0.25) is 4.79 Å². The number of anilines is 1. The summed E-state index contributed by atoms with van der Waals surface area (Å²) < 4.78 is 0. The van der Waals surface area contributed by atoms with Crippen LogP contribution in [0.5, 0.6) is 0 Å². The first-order chi connectivity index (χ1) is 13.4. The average Bonchev–Trinajstić information content (AvgIpc) is 2.98. The fourth-order valence-electron chi connectivity index (χ4n) is 5.44. The maximum absolute atomic E-state index is 13.5. The molecule has 0 unspecified atom stereocenters. The van der Waals surface area contributed by atoms with E-state index in [2.05, 4.69) is 20.9 Å². The molecule has 0 bridgehead atoms. The predicted octanol–water partition coefficient (Wildman–Crippen LogP) is 2.69. The highest BCUT2D eigenvalue weighted by molar-refractivity contribution is 5.86. The molecule has 6 nitrogen and oxygen atoms in total. The first-order valence-corrected chi connectivity index (χ1v) is 10.6. The first-order valence-electron chi connectivity index (χ1n) is 10.6. The lowest BCUT2D eigenvalue weighted by atomic mass is 9.78. The van der Waals surface area contributed by atoms with Crippen molar-refractivity contribution in [1.29, 1.82) is 5.26 Å². The SMILES string of the molecule is Cc1cc(C)c(C#N)c(N2CCC[C@]3(CCN([C@H]4CC[C@H](O)CC4)C3=O)C2)n1. The van der Waals surface area contributed by atoms with Crippen LogP contribution in [0.4, 0.5) is 5.82 Å². The summed E-state index contributed by atoms with van der Waals surface area (Å²) in [5.41, 5.74) is 2.14. The third-order valence-corrected chi connectivity index (χ3v) is 6.97. The highest BCUT2D eigenvalue weighted by Crippen LogP contribution is 2.43. The number of aromatic nitrogens is 1. The second kappa shape index (κ2) is 7.36. The number of aliphatic hydroxyl groups excluding tert-OH is 1. The molecule has 0 aromatic carbocycles. The molecule has 1 saturated carbocycles. The second-order valence-electron chi connectivity index (χ2n) is 8.91. The van der Waals surface area contributed by atoms with Crippen LogP contribution in [0, 0.1) is 30.6 Å². The van der Waals surface area contributed by atoms with Gasteiger partial charge in [-0.25, -0.2) is 4.98 Å². The van der Waals surface area contributed by atoms with Gasteiger partial charge in [0.15, 0.2) is 0 Å². The fraction of sp³-hybridized carbons (Fsp3) is 0.682. The molecule has 3 aliphatic rings. The Hall–Kier alpha value is -2.13. The Morgan fingerprint density at radius 3 is 2.68 bits per heavy atom. The Labute approximate surface area is 167 Å². The van der Waals surface area contributed by atoms with E-state index in [0.29, 0.717) is 12.1 Å². The van der Waals surface area contributed by atoms with Crippen LogP contribution in [0.15, 0.2) is 6.07 Å². The molecular weight excluding hydrogens is 352 g/mol. The van der Waals surface area contributed by atoms with Crippen molar-refractivity contribution in [1.82, 2.24) is 9.88 Å². The first kappa shape index (κ1) is 19.2. The number of likely N-dealkylation sites (tertiary alicyclic amines) is 1. The normalized spacial score (nSPS) is 30.7. The van der Waals surface area contributed by atoms with Crippen LogP contribution in [0.2, 0.25) is 0 Å². The van der Waals surface area contributed by atoms with E-state index < -0.39 is 0 Å². The zero-order valence-electron chi connectivity index (χ0n) is 16.9. The Morgan fingerprint density at radius 1 is 1.21 bits per heavy atom. The van der Waals surface area contributed by atoms with Gasteiger partial charge in [0.25, 0.3) is 0 Å². The minimum absolute atomic E-state index is 0.201. The molecule has 1 N–H and O–H groups in total. The van der Waals surface area contributed by atoms with Gasteiger partial charge < -0.3 is 14.9 Å². The molecule has 2 aliphatic heterocycles. The number of amides is 1. The highest BCUT2D eigenvalue weighted by Gasteiger charge is 2.51. The van der Waals surface area contributed by atoms with Crippen LogP contribution >= 0.6 is 0 Å². The molecule has 150 valence electrons. The van der Waals surface area contributed by atoms with Gasteiger partial charge in [-0.15, -0.1) is 0 Å². The molecule has 3 heterocycles. The molecule has 4 rings (SSSR count). The molecule has 1 spiro atoms. The lowest BCUT2D eigenvalue weighted by Gasteiger charge is -2.41. The average molecular weight is 383 g/mol. The van der Waals surface area contributed by atoms with Crippen molar-refractivity contribution < 1.29 is 9.90 Å². The summed E-state index contributed by atoms with van der Waals surface area (Å²) in [5.74, 6) is 1.02. The number of piperidine rings is 1. The van der Waals surface area contributed by atoms with E-state index in [-0.39, 0.29) is 23.5 Å². The summed E-state index contributed by atoms with van der Waals surface area (Å²) in [6.45, 7) is 6.23. The van der Waals surface area contributed by atoms with Gasteiger partial charge in [0.1, 0.15) is 11.9 Å². The summed E-state index contributed by atoms with van der Waals surface area (Å²) in [7, 11) is 0. The molecule has 1 aromatic rings. The molecule has 6 heteroatoms. The van der Waals surface area contributed by atoms with Crippen molar-refractivity contribution in [2.45, 2.75) is 70.9 Å². The largest absolute Gasteiger partial charge is 0.393 e. The van der Waals surface area contributed by atoms with Crippen molar-refractivity contribution in [2.24, 2.45) is 5.41 Å². The fourth-order valence-corrected chi connectivity index (χ4v) is 5.44. The topological polar surface area (TPSA) is 80.5 Å². The number of carbonyl (C=O) groups excluding carboxylic acids is 1. The van der Waals surface area contributed by atoms with E-state index >= 15 is 0 Å². The molecule has 2 saturated heterocycles. The third kappa shape index (κ3) is 3.26. The number of carbonyl (C=O) groups is 1. The third-order valence-electron chi connectivity index (χ3n) is 6.97. The van der Waals surface area contributed by atoms with Gasteiger partial charge in [-0.2, -0.15) is 5.26 Å². The van der Waals surface area contributed by atoms with Crippen LogP contribution in [-0.2, 0) is 4.79 Å². The number of nitrogens with zero attached hydrogens (tertiary/aromatic N) is 4. The summed E-state index contributed by atoms with van der Waals surface area (Å²) in [6.07, 6.45) is 5.95. The maximum atomic E-state index is 13.5. The molecule has 28 heavy (non-hydrogen) atoms. The van der Waals surface area contributed by atoms with E-state index in [9.17, 15) is 15.2 Å². The Bertz CT molecular complexity index is 809. The molecule has 3 fully saturated rings. The summed E-state index contributed by atoms with van der Waals surface area (Å²) in [5, 5.41) is 19.4. The Kier molecular flexibility index (Phi) is 5.05. The number of hydrogen-bond donors (Lipinski definition) is 1. The Morgan fingerprint density at radius 2 is 1.96 bits per heavy atom. The molecule has 1 atom stereocenters. The van der Waals surface area contributed by atoms with Gasteiger partial charge in [-0.05, 0) is 70.4 Å². The van der Waals surface area contributed by atoms with Crippen LogP contribution < -0.4 is 4.90 Å². The van der Waals surface area contributed by atoms with Gasteiger partial charge in [0.05, 0.1) is 17.1 Å². The number of pyridine rings is 1. The monoisotopic (exact) mass is 382 g/mol. The highest BCUT2D eigenvalue weighted by atomic mass is 16.3. The number of aryl methyl sites for hydroxylation is 2. The van der Waals surface area contributed by atoms with Crippen molar-refractivity contribution in [3.8, 4) is 6.07 Å². The van der Waals surface area contributed by atoms with Gasteiger partial charge in [0, 0.05) is 31.4 Å². The smallest absolute Gasteiger partial charge is 0.230 e. The van der Waals surface area contributed by atoms with Gasteiger partial charge >= 0.3 is 0 Å². The van der Waals surface area contributed by atoms with Gasteiger partial charge in [0.2, 0.25) is 5.91 Å². The molecular formula is C22H30N4O2. The van der Waals surface area contributed by atoms with E-state index in [1.165, 1.54) is 0 Å². The molecule has 1 amide bonds. The number of aliphatic hydroxyl groups is 1. The minimum atomic E-state index is -0.347. The predicted molar refractivity (Wildman–Crippen MR) is 107 cm³/mol. The van der Waals surface area contributed by atoms with Crippen LogP contribution in [0.25, 0.3) is 0 Å². The lowest BCUT2D eigenvalue weighted by Crippen LogP contribution is -2.50. The van der Waals surface area contributed by atoms with Crippen molar-refractivity contribution in [3.05, 3.63) is 22.9 Å². The standard InChI is InChI=1S/C22H30N4O2/c1-15-12-16(2)24-20(19(15)13-23)25-10-3-8-22(14-25)9-11-26(21(22)28)17-4-6-18(27)7-5-17/h12,17-18,27H,3-11,14H2,1-2H3/t17-,18-,22-/m0/s1. The lowest BCUT2D eigenvalue weighted by molar-refractivity contribution is -0.139. The number of hydrogen-bond acceptors (Lipinski definition) is 5. The summed E-state index contributed by atoms with van der Waals surface area (Å²) >= 11 is 0. The van der Waals surface area contributed by atoms with Crippen LogP contribution in [0.3, 0.4) is 0 Å². The number of rotatable bonds is 2. The zero-order valence-corrected chi connectivity index (χ0v) is 16.9. The molecule has 1 aliphatic carbocycles. The van der Waals surface area contributed by atoms with Crippen molar-refractivity contribution in [3.63, 3.8) is 0 Å². The Balaban J connectivity index is 1.56. The second-order valence-corrected chi connectivity index (χ2v) is 8.91. The number of nitriles is 1. The minimum Gasteiger partial charge on any atom is -0.393 e. The van der Waals surface area contributed by atoms with Crippen LogP contribution in [-0.4, -0.2) is 52.7 Å². The van der Waals surface area contributed by atoms with E-state index in [0.717, 1.165) is 75.1 Å². The zero-order chi connectivity index (χ0) is 19.9. The van der Waals surface area contributed by atoms with Crippen LogP contribution in [0.1, 0.15) is 61.8 Å². The van der Waals surface area contributed by atoms with E-state index in [1.807, 2.05) is 19.9 Å². The quantitative estimate of drug-likeness (QED) is 0.851.